The van der Waals surface area contributed by atoms with Gasteiger partial charge in [-0.1, -0.05) is 26.7 Å². The highest BCUT2D eigenvalue weighted by atomic mass is 16.0. The Morgan fingerprint density at radius 1 is 1.22 bits per heavy atom. The van der Waals surface area contributed by atoms with Crippen molar-refractivity contribution in [1.29, 1.82) is 0 Å². The third kappa shape index (κ3) is 11.5. The first kappa shape index (κ1) is 11.7. The standard InChI is InChI=1S/C7H17N.H2O/c1-7(2)5-3-4-6-8;/h7H,3-6,8H2,1-2H3;1H2. The van der Waals surface area contributed by atoms with E-state index in [-0.39, 0.29) is 5.48 Å². The van der Waals surface area contributed by atoms with E-state index in [2.05, 4.69) is 13.8 Å². The summed E-state index contributed by atoms with van der Waals surface area (Å²) in [5.41, 5.74) is 5.31. The fourth-order valence-electron chi connectivity index (χ4n) is 0.697. The lowest BCUT2D eigenvalue weighted by atomic mass is 10.1. The molecule has 0 atom stereocenters. The molecule has 0 aromatic carbocycles. The Balaban J connectivity index is 0. The van der Waals surface area contributed by atoms with Crippen LogP contribution in [0.15, 0.2) is 0 Å². The third-order valence-corrected chi connectivity index (χ3v) is 1.24. The van der Waals surface area contributed by atoms with Crippen LogP contribution in [0.2, 0.25) is 0 Å². The second-order valence-corrected chi connectivity index (χ2v) is 2.68. The summed E-state index contributed by atoms with van der Waals surface area (Å²) in [6.45, 7) is 5.35. The molecule has 0 fully saturated rings. The Morgan fingerprint density at radius 3 is 2.11 bits per heavy atom. The predicted octanol–water partition coefficient (Wildman–Crippen LogP) is 0.947. The second-order valence-electron chi connectivity index (χ2n) is 2.68. The molecule has 0 aliphatic carbocycles. The van der Waals surface area contributed by atoms with Crippen molar-refractivity contribution >= 4 is 0 Å². The third-order valence-electron chi connectivity index (χ3n) is 1.24. The van der Waals surface area contributed by atoms with Crippen molar-refractivity contribution in [2.75, 3.05) is 6.54 Å². The Kier molecular flexibility index (Phi) is 10.3. The normalized spacial score (nSPS) is 9.33. The topological polar surface area (TPSA) is 57.5 Å². The van der Waals surface area contributed by atoms with Crippen molar-refractivity contribution < 1.29 is 5.48 Å². The zero-order chi connectivity index (χ0) is 6.41. The molecule has 4 N–H and O–H groups in total. The van der Waals surface area contributed by atoms with Crippen molar-refractivity contribution in [3.63, 3.8) is 0 Å². The molecule has 2 heteroatoms. The molecule has 0 spiro atoms. The summed E-state index contributed by atoms with van der Waals surface area (Å²) in [4.78, 5) is 0. The van der Waals surface area contributed by atoms with Gasteiger partial charge in [0.2, 0.25) is 0 Å². The van der Waals surface area contributed by atoms with Crippen molar-refractivity contribution in [2.45, 2.75) is 33.1 Å². The molecule has 0 rings (SSSR count). The number of hydrogen-bond donors (Lipinski definition) is 1. The van der Waals surface area contributed by atoms with Gasteiger partial charge in [0.15, 0.2) is 0 Å². The molecule has 0 unspecified atom stereocenters. The summed E-state index contributed by atoms with van der Waals surface area (Å²) < 4.78 is 0. The largest absolute Gasteiger partial charge is 0.412 e. The zero-order valence-corrected chi connectivity index (χ0v) is 6.48. The highest BCUT2D eigenvalue weighted by Gasteiger charge is 1.90. The van der Waals surface area contributed by atoms with Crippen LogP contribution in [0, 0.1) is 5.92 Å². The molecule has 0 saturated heterocycles. The second kappa shape index (κ2) is 7.92. The Morgan fingerprint density at radius 2 is 1.78 bits per heavy atom. The van der Waals surface area contributed by atoms with Crippen LogP contribution in [0.1, 0.15) is 33.1 Å². The molecule has 0 saturated carbocycles. The monoisotopic (exact) mass is 133 g/mol. The fourth-order valence-corrected chi connectivity index (χ4v) is 0.697. The van der Waals surface area contributed by atoms with Gasteiger partial charge in [0, 0.05) is 0 Å². The van der Waals surface area contributed by atoms with Gasteiger partial charge in [0.25, 0.3) is 0 Å². The van der Waals surface area contributed by atoms with E-state index in [9.17, 15) is 0 Å². The van der Waals surface area contributed by atoms with Crippen LogP contribution < -0.4 is 5.73 Å². The average Bonchev–Trinajstić information content (AvgIpc) is 1.66. The number of nitrogens with two attached hydrogens (primary N) is 1. The maximum Gasteiger partial charge on any atom is -0.00773 e. The summed E-state index contributed by atoms with van der Waals surface area (Å²) in [6.07, 6.45) is 3.82. The summed E-state index contributed by atoms with van der Waals surface area (Å²) >= 11 is 0. The van der Waals surface area contributed by atoms with Gasteiger partial charge in [0.05, 0.1) is 0 Å². The van der Waals surface area contributed by atoms with E-state index in [4.69, 9.17) is 5.73 Å². The van der Waals surface area contributed by atoms with Gasteiger partial charge in [0.1, 0.15) is 0 Å². The predicted molar refractivity (Wildman–Crippen MR) is 41.4 cm³/mol. The van der Waals surface area contributed by atoms with E-state index in [1.165, 1.54) is 19.3 Å². The van der Waals surface area contributed by atoms with Crippen LogP contribution in [0.5, 0.6) is 0 Å². The molecule has 9 heavy (non-hydrogen) atoms. The van der Waals surface area contributed by atoms with Crippen LogP contribution in [0.25, 0.3) is 0 Å². The van der Waals surface area contributed by atoms with Gasteiger partial charge in [-0.05, 0) is 18.9 Å². The Bertz CT molecular complexity index is 46.2. The van der Waals surface area contributed by atoms with E-state index < -0.39 is 0 Å². The summed E-state index contributed by atoms with van der Waals surface area (Å²) in [6, 6.07) is 0. The van der Waals surface area contributed by atoms with Gasteiger partial charge in [-0.3, -0.25) is 0 Å². The highest BCUT2D eigenvalue weighted by Crippen LogP contribution is 2.04. The van der Waals surface area contributed by atoms with Crippen LogP contribution in [0.4, 0.5) is 0 Å². The maximum atomic E-state index is 5.31. The minimum atomic E-state index is 0. The maximum absolute atomic E-state index is 5.31. The van der Waals surface area contributed by atoms with E-state index in [0.717, 1.165) is 12.5 Å². The fraction of sp³-hybridized carbons (Fsp3) is 1.00. The van der Waals surface area contributed by atoms with E-state index >= 15 is 0 Å². The zero-order valence-electron chi connectivity index (χ0n) is 6.48. The summed E-state index contributed by atoms with van der Waals surface area (Å²) in [5.74, 6) is 0.849. The van der Waals surface area contributed by atoms with Crippen molar-refractivity contribution in [3.05, 3.63) is 0 Å². The lowest BCUT2D eigenvalue weighted by Crippen LogP contribution is -1.98. The minimum Gasteiger partial charge on any atom is -0.412 e. The first-order valence-corrected chi connectivity index (χ1v) is 3.47. The smallest absolute Gasteiger partial charge is 0.00773 e. The average molecular weight is 133 g/mol. The lowest BCUT2D eigenvalue weighted by molar-refractivity contribution is 0.541. The number of rotatable bonds is 4. The molecule has 0 aromatic rings. The van der Waals surface area contributed by atoms with Gasteiger partial charge < -0.3 is 11.2 Å². The molecule has 0 radical (unpaired) electrons. The summed E-state index contributed by atoms with van der Waals surface area (Å²) in [7, 11) is 0. The minimum absolute atomic E-state index is 0. The summed E-state index contributed by atoms with van der Waals surface area (Å²) in [5, 5.41) is 0. The molecular weight excluding hydrogens is 114 g/mol. The molecule has 2 nitrogen and oxygen atoms in total. The van der Waals surface area contributed by atoms with Crippen LogP contribution in [-0.2, 0) is 0 Å². The van der Waals surface area contributed by atoms with Gasteiger partial charge in [-0.25, -0.2) is 0 Å². The van der Waals surface area contributed by atoms with Crippen LogP contribution in [0.3, 0.4) is 0 Å². The molecule has 0 aliphatic heterocycles. The first-order valence-electron chi connectivity index (χ1n) is 3.47. The molecule has 0 bridgehead atoms. The van der Waals surface area contributed by atoms with E-state index in [1.807, 2.05) is 0 Å². The number of unbranched alkanes of at least 4 members (excludes halogenated alkanes) is 1. The lowest BCUT2D eigenvalue weighted by Gasteiger charge is -2.00. The molecule has 0 aliphatic rings. The number of hydrogen-bond acceptors (Lipinski definition) is 1. The van der Waals surface area contributed by atoms with E-state index in [1.54, 1.807) is 0 Å². The Labute approximate surface area is 57.7 Å². The van der Waals surface area contributed by atoms with Gasteiger partial charge in [-0.2, -0.15) is 0 Å². The highest BCUT2D eigenvalue weighted by molar-refractivity contribution is 4.45. The van der Waals surface area contributed by atoms with E-state index in [0.29, 0.717) is 0 Å². The molecule has 58 valence electrons. The van der Waals surface area contributed by atoms with Gasteiger partial charge in [-0.15, -0.1) is 0 Å². The van der Waals surface area contributed by atoms with Crippen LogP contribution >= 0.6 is 0 Å². The molecule has 0 amide bonds. The quantitative estimate of drug-likeness (QED) is 0.570. The molecular formula is C7H19NO. The van der Waals surface area contributed by atoms with Gasteiger partial charge >= 0.3 is 0 Å². The molecule has 0 aromatic heterocycles. The SMILES string of the molecule is CC(C)CCCCN.O. The Hall–Kier alpha value is -0.0800. The van der Waals surface area contributed by atoms with Crippen molar-refractivity contribution in [2.24, 2.45) is 11.7 Å². The first-order chi connectivity index (χ1) is 3.77. The molecule has 0 heterocycles. The van der Waals surface area contributed by atoms with Crippen LogP contribution in [-0.4, -0.2) is 12.0 Å². The van der Waals surface area contributed by atoms with Crippen molar-refractivity contribution in [1.82, 2.24) is 0 Å². The van der Waals surface area contributed by atoms with Crippen molar-refractivity contribution in [3.8, 4) is 0 Å².